The van der Waals surface area contributed by atoms with E-state index in [4.69, 9.17) is 34.0 Å². The van der Waals surface area contributed by atoms with Crippen molar-refractivity contribution in [1.82, 2.24) is 5.32 Å². The van der Waals surface area contributed by atoms with Crippen LogP contribution in [0.25, 0.3) is 0 Å². The first-order valence-electron chi connectivity index (χ1n) is 6.12. The minimum Gasteiger partial charge on any atom is -0.481 e. The van der Waals surface area contributed by atoms with E-state index in [-0.39, 0.29) is 27.8 Å². The van der Waals surface area contributed by atoms with Crippen LogP contribution in [-0.4, -0.2) is 23.5 Å². The number of amides is 1. The van der Waals surface area contributed by atoms with Crippen molar-refractivity contribution < 1.29 is 14.7 Å². The number of rotatable bonds is 6. The highest BCUT2D eigenvalue weighted by Crippen LogP contribution is 2.28. The molecule has 0 heterocycles. The fourth-order valence-electron chi connectivity index (χ4n) is 1.69. The van der Waals surface area contributed by atoms with Crippen molar-refractivity contribution in [2.24, 2.45) is 5.92 Å². The maximum absolute atomic E-state index is 11.9. The first-order valence-corrected chi connectivity index (χ1v) is 6.87. The molecule has 0 fully saturated rings. The molecule has 1 rings (SSSR count). The summed E-state index contributed by atoms with van der Waals surface area (Å²) in [6.07, 6.45) is 1.23. The van der Waals surface area contributed by atoms with Crippen molar-refractivity contribution >= 4 is 40.8 Å². The predicted octanol–water partition coefficient (Wildman–Crippen LogP) is 2.81. The molecular formula is C13H16Cl2N2O3. The van der Waals surface area contributed by atoms with Crippen molar-refractivity contribution in [3.63, 3.8) is 0 Å². The molecule has 1 unspecified atom stereocenters. The Labute approximate surface area is 127 Å². The van der Waals surface area contributed by atoms with Crippen LogP contribution in [0, 0.1) is 5.92 Å². The average Bonchev–Trinajstić information content (AvgIpc) is 2.39. The van der Waals surface area contributed by atoms with Gasteiger partial charge in [0.2, 0.25) is 0 Å². The second-order valence-corrected chi connectivity index (χ2v) is 5.20. The Kier molecular flexibility index (Phi) is 6.10. The van der Waals surface area contributed by atoms with Crippen LogP contribution in [0.3, 0.4) is 0 Å². The van der Waals surface area contributed by atoms with Gasteiger partial charge in [-0.15, -0.1) is 0 Å². The number of carboxylic acid groups (broad SMARTS) is 1. The third-order valence-corrected chi connectivity index (χ3v) is 3.46. The van der Waals surface area contributed by atoms with Crippen LogP contribution < -0.4 is 11.1 Å². The first kappa shape index (κ1) is 16.6. The number of hydrogen-bond acceptors (Lipinski definition) is 3. The molecule has 1 atom stereocenters. The van der Waals surface area contributed by atoms with E-state index in [9.17, 15) is 9.59 Å². The minimum absolute atomic E-state index is 0.0572. The summed E-state index contributed by atoms with van der Waals surface area (Å²) >= 11 is 11.7. The molecule has 1 amide bonds. The molecule has 7 heteroatoms. The normalized spacial score (nSPS) is 11.9. The SMILES string of the molecule is CCCC(CNC(=O)c1cc(Cl)c(N)c(Cl)c1)C(=O)O. The van der Waals surface area contributed by atoms with E-state index in [0.717, 1.165) is 6.42 Å². The molecular weight excluding hydrogens is 303 g/mol. The number of nitrogens with two attached hydrogens (primary N) is 1. The second kappa shape index (κ2) is 7.36. The summed E-state index contributed by atoms with van der Waals surface area (Å²) in [5.41, 5.74) is 6.03. The lowest BCUT2D eigenvalue weighted by Crippen LogP contribution is -2.32. The predicted molar refractivity (Wildman–Crippen MR) is 79.2 cm³/mol. The summed E-state index contributed by atoms with van der Waals surface area (Å²) in [7, 11) is 0. The Morgan fingerprint density at radius 2 is 1.90 bits per heavy atom. The van der Waals surface area contributed by atoms with Crippen LogP contribution in [0.2, 0.25) is 10.0 Å². The lowest BCUT2D eigenvalue weighted by Gasteiger charge is -2.13. The van der Waals surface area contributed by atoms with Crippen molar-refractivity contribution in [2.45, 2.75) is 19.8 Å². The van der Waals surface area contributed by atoms with Crippen LogP contribution in [0.1, 0.15) is 30.1 Å². The van der Waals surface area contributed by atoms with Gasteiger partial charge in [0.15, 0.2) is 0 Å². The maximum atomic E-state index is 11.9. The molecule has 1 aromatic rings. The van der Waals surface area contributed by atoms with Gasteiger partial charge in [-0.2, -0.15) is 0 Å². The molecule has 4 N–H and O–H groups in total. The molecule has 0 aromatic heterocycles. The highest BCUT2D eigenvalue weighted by molar-refractivity contribution is 6.39. The van der Waals surface area contributed by atoms with Crippen molar-refractivity contribution in [2.75, 3.05) is 12.3 Å². The zero-order valence-corrected chi connectivity index (χ0v) is 12.5. The van der Waals surface area contributed by atoms with Gasteiger partial charge in [-0.25, -0.2) is 0 Å². The van der Waals surface area contributed by atoms with Gasteiger partial charge < -0.3 is 16.2 Å². The van der Waals surface area contributed by atoms with Crippen molar-refractivity contribution in [1.29, 1.82) is 0 Å². The zero-order chi connectivity index (χ0) is 15.3. The van der Waals surface area contributed by atoms with Gasteiger partial charge in [-0.3, -0.25) is 9.59 Å². The fraction of sp³-hybridized carbons (Fsp3) is 0.385. The molecule has 0 aliphatic carbocycles. The molecule has 0 aliphatic rings. The number of benzene rings is 1. The van der Waals surface area contributed by atoms with E-state index in [2.05, 4.69) is 5.32 Å². The lowest BCUT2D eigenvalue weighted by atomic mass is 10.0. The number of aliphatic carboxylic acids is 1. The molecule has 1 aromatic carbocycles. The van der Waals surface area contributed by atoms with E-state index >= 15 is 0 Å². The van der Waals surface area contributed by atoms with Gasteiger partial charge >= 0.3 is 5.97 Å². The Hall–Kier alpha value is -1.46. The fourth-order valence-corrected chi connectivity index (χ4v) is 2.18. The summed E-state index contributed by atoms with van der Waals surface area (Å²) in [5, 5.41) is 11.9. The van der Waals surface area contributed by atoms with Gasteiger partial charge in [0.1, 0.15) is 0 Å². The number of carboxylic acids is 1. The zero-order valence-electron chi connectivity index (χ0n) is 11.0. The van der Waals surface area contributed by atoms with Gasteiger partial charge in [-0.05, 0) is 18.6 Å². The summed E-state index contributed by atoms with van der Waals surface area (Å²) in [6, 6.07) is 2.79. The largest absolute Gasteiger partial charge is 0.481 e. The maximum Gasteiger partial charge on any atom is 0.308 e. The van der Waals surface area contributed by atoms with Crippen LogP contribution >= 0.6 is 23.2 Å². The number of nitrogens with one attached hydrogen (secondary N) is 1. The number of anilines is 1. The van der Waals surface area contributed by atoms with E-state index in [1.807, 2.05) is 6.92 Å². The van der Waals surface area contributed by atoms with Gasteiger partial charge in [-0.1, -0.05) is 36.5 Å². The van der Waals surface area contributed by atoms with Gasteiger partial charge in [0, 0.05) is 12.1 Å². The lowest BCUT2D eigenvalue weighted by molar-refractivity contribution is -0.141. The third-order valence-electron chi connectivity index (χ3n) is 2.84. The van der Waals surface area contributed by atoms with Crippen LogP contribution in [0.15, 0.2) is 12.1 Å². The first-order chi connectivity index (χ1) is 9.36. The number of nitrogen functional groups attached to an aromatic ring is 1. The molecule has 0 saturated carbocycles. The van der Waals surface area contributed by atoms with Gasteiger partial charge in [0.05, 0.1) is 21.7 Å². The number of carbonyl (C=O) groups is 2. The summed E-state index contributed by atoms with van der Waals surface area (Å²) in [6.45, 7) is 1.94. The van der Waals surface area contributed by atoms with Gasteiger partial charge in [0.25, 0.3) is 5.91 Å². The van der Waals surface area contributed by atoms with E-state index in [1.54, 1.807) is 0 Å². The monoisotopic (exact) mass is 318 g/mol. The summed E-state index contributed by atoms with van der Waals surface area (Å²) in [5.74, 6) is -1.97. The topological polar surface area (TPSA) is 92.4 Å². The Morgan fingerprint density at radius 1 is 1.35 bits per heavy atom. The highest BCUT2D eigenvalue weighted by atomic mass is 35.5. The molecule has 110 valence electrons. The summed E-state index contributed by atoms with van der Waals surface area (Å²) < 4.78 is 0. The van der Waals surface area contributed by atoms with E-state index in [0.29, 0.717) is 6.42 Å². The summed E-state index contributed by atoms with van der Waals surface area (Å²) in [4.78, 5) is 22.9. The molecule has 20 heavy (non-hydrogen) atoms. The van der Waals surface area contributed by atoms with Crippen LogP contribution in [0.5, 0.6) is 0 Å². The standard InChI is InChI=1S/C13H16Cl2N2O3/c1-2-3-7(13(19)20)6-17-12(18)8-4-9(14)11(16)10(15)5-8/h4-5,7H,2-3,6,16H2,1H3,(H,17,18)(H,19,20). The molecule has 5 nitrogen and oxygen atoms in total. The smallest absolute Gasteiger partial charge is 0.308 e. The Morgan fingerprint density at radius 3 is 2.35 bits per heavy atom. The second-order valence-electron chi connectivity index (χ2n) is 4.39. The van der Waals surface area contributed by atoms with E-state index in [1.165, 1.54) is 12.1 Å². The average molecular weight is 319 g/mol. The highest BCUT2D eigenvalue weighted by Gasteiger charge is 2.18. The quantitative estimate of drug-likeness (QED) is 0.703. The molecule has 0 aliphatic heterocycles. The van der Waals surface area contributed by atoms with Crippen molar-refractivity contribution in [3.05, 3.63) is 27.7 Å². The molecule has 0 saturated heterocycles. The van der Waals surface area contributed by atoms with Crippen molar-refractivity contribution in [3.8, 4) is 0 Å². The van der Waals surface area contributed by atoms with Crippen LogP contribution in [-0.2, 0) is 4.79 Å². The van der Waals surface area contributed by atoms with E-state index < -0.39 is 17.8 Å². The van der Waals surface area contributed by atoms with Crippen LogP contribution in [0.4, 0.5) is 5.69 Å². The molecule has 0 bridgehead atoms. The number of hydrogen-bond donors (Lipinski definition) is 3. The Balaban J connectivity index is 2.74. The third kappa shape index (κ3) is 4.28. The Bertz CT molecular complexity index is 497. The minimum atomic E-state index is -0.930. The number of carbonyl (C=O) groups excluding carboxylic acids is 1. The number of halogens is 2. The molecule has 0 radical (unpaired) electrons. The molecule has 0 spiro atoms.